The Kier molecular flexibility index (Phi) is 9.31. The highest BCUT2D eigenvalue weighted by atomic mass is 35.5. The number of allylic oxidation sites excluding steroid dienone is 2. The summed E-state index contributed by atoms with van der Waals surface area (Å²) in [7, 11) is 1.56. The molecule has 0 bridgehead atoms. The van der Waals surface area contributed by atoms with E-state index >= 15 is 0 Å². The smallest absolute Gasteiger partial charge is 0.337 e. The number of amides is 1. The van der Waals surface area contributed by atoms with Crippen LogP contribution >= 0.6 is 23.4 Å². The number of nitrogens with one attached hydrogen (secondary N) is 2. The number of nitrogens with zero attached hydrogens (tertiary/aromatic N) is 1. The molecule has 1 atom stereocenters. The van der Waals surface area contributed by atoms with Crippen LogP contribution in [0.25, 0.3) is 0 Å². The number of dihydropyridines is 1. The zero-order chi connectivity index (χ0) is 27.8. The van der Waals surface area contributed by atoms with E-state index in [0.717, 1.165) is 5.56 Å². The summed E-state index contributed by atoms with van der Waals surface area (Å²) < 4.78 is 10.9. The summed E-state index contributed by atoms with van der Waals surface area (Å²) in [5, 5.41) is 17.3. The summed E-state index contributed by atoms with van der Waals surface area (Å²) in [6.07, 6.45) is 0. The highest BCUT2D eigenvalue weighted by Crippen LogP contribution is 2.41. The lowest BCUT2D eigenvalue weighted by Crippen LogP contribution is -2.29. The molecular formula is C30H26ClN3O4S. The number of rotatable bonds is 9. The number of anilines is 1. The summed E-state index contributed by atoms with van der Waals surface area (Å²) in [4.78, 5) is 26.1. The van der Waals surface area contributed by atoms with Crippen LogP contribution in [0.5, 0.6) is 5.75 Å². The number of hydrogen-bond acceptors (Lipinski definition) is 7. The van der Waals surface area contributed by atoms with E-state index in [1.807, 2.05) is 30.3 Å². The number of hydrogen-bond donors (Lipinski definition) is 2. The molecule has 1 amide bonds. The number of halogens is 1. The van der Waals surface area contributed by atoms with Crippen molar-refractivity contribution in [1.82, 2.24) is 5.32 Å². The molecule has 9 heteroatoms. The molecule has 0 spiro atoms. The molecule has 0 fully saturated rings. The fourth-order valence-corrected chi connectivity index (χ4v) is 5.14. The molecule has 1 heterocycles. The van der Waals surface area contributed by atoms with Gasteiger partial charge in [-0.15, -0.1) is 0 Å². The highest BCUT2D eigenvalue weighted by Gasteiger charge is 2.35. The van der Waals surface area contributed by atoms with Crippen LogP contribution in [-0.2, 0) is 20.9 Å². The first-order valence-electron chi connectivity index (χ1n) is 12.0. The lowest BCUT2D eigenvalue weighted by atomic mass is 9.82. The molecule has 3 aromatic carbocycles. The molecule has 2 N–H and O–H groups in total. The standard InChI is InChI=1S/C30H26ClN3O4S/c1-19-27(30(36)38-17-20-7-4-3-5-8-20)28(21-11-13-22(31)14-12-21)25(16-32)29(33-19)39-18-26(35)34-23-9-6-10-24(15-23)37-2/h3-15,28,33H,17-18H2,1-2H3,(H,34,35). The molecule has 1 unspecified atom stereocenters. The molecule has 0 aromatic heterocycles. The quantitative estimate of drug-likeness (QED) is 0.303. The Balaban J connectivity index is 1.58. The third-order valence-electron chi connectivity index (χ3n) is 5.98. The SMILES string of the molecule is COc1cccc(NC(=O)CSC2=C(C#N)C(c3ccc(Cl)cc3)C(C(=O)OCc3ccccc3)=C(C)N2)c1. The number of carbonyl (C=O) groups excluding carboxylic acids is 2. The fraction of sp³-hybridized carbons (Fsp3) is 0.167. The number of esters is 1. The Morgan fingerprint density at radius 2 is 1.82 bits per heavy atom. The Morgan fingerprint density at radius 1 is 1.08 bits per heavy atom. The zero-order valence-corrected chi connectivity index (χ0v) is 22.9. The molecular weight excluding hydrogens is 534 g/mol. The van der Waals surface area contributed by atoms with Gasteiger partial charge >= 0.3 is 5.97 Å². The largest absolute Gasteiger partial charge is 0.497 e. The second kappa shape index (κ2) is 13.1. The van der Waals surface area contributed by atoms with E-state index in [9.17, 15) is 14.9 Å². The van der Waals surface area contributed by atoms with Crippen molar-refractivity contribution < 1.29 is 19.1 Å². The van der Waals surface area contributed by atoms with Gasteiger partial charge in [-0.25, -0.2) is 4.79 Å². The predicted octanol–water partition coefficient (Wildman–Crippen LogP) is 6.16. The molecule has 1 aliphatic heterocycles. The average Bonchev–Trinajstić information content (AvgIpc) is 2.95. The van der Waals surface area contributed by atoms with Gasteiger partial charge < -0.3 is 20.1 Å². The summed E-state index contributed by atoms with van der Waals surface area (Å²) in [5.41, 5.74) is 3.35. The molecule has 0 aliphatic carbocycles. The van der Waals surface area contributed by atoms with Gasteiger partial charge in [-0.05, 0) is 42.3 Å². The first kappa shape index (κ1) is 27.8. The van der Waals surface area contributed by atoms with Gasteiger partial charge in [0.2, 0.25) is 5.91 Å². The Hall–Kier alpha value is -4.19. The van der Waals surface area contributed by atoms with E-state index in [2.05, 4.69) is 16.7 Å². The van der Waals surface area contributed by atoms with Gasteiger partial charge in [-0.3, -0.25) is 4.79 Å². The minimum absolute atomic E-state index is 0.0408. The summed E-state index contributed by atoms with van der Waals surface area (Å²) in [5.74, 6) is -0.809. The van der Waals surface area contributed by atoms with Crippen molar-refractivity contribution in [2.45, 2.75) is 19.4 Å². The second-order valence-electron chi connectivity index (χ2n) is 8.63. The summed E-state index contributed by atoms with van der Waals surface area (Å²) in [6, 6.07) is 25.7. The van der Waals surface area contributed by atoms with E-state index in [1.54, 1.807) is 62.6 Å². The monoisotopic (exact) mass is 559 g/mol. The van der Waals surface area contributed by atoms with E-state index in [-0.39, 0.29) is 18.3 Å². The van der Waals surface area contributed by atoms with Gasteiger partial charge in [0.25, 0.3) is 0 Å². The van der Waals surface area contributed by atoms with E-state index < -0.39 is 11.9 Å². The Bertz CT molecular complexity index is 1460. The second-order valence-corrected chi connectivity index (χ2v) is 10.1. The van der Waals surface area contributed by atoms with Crippen molar-refractivity contribution >= 4 is 40.9 Å². The minimum atomic E-state index is -0.694. The van der Waals surface area contributed by atoms with Crippen LogP contribution in [0.2, 0.25) is 5.02 Å². The van der Waals surface area contributed by atoms with Crippen LogP contribution in [-0.4, -0.2) is 24.7 Å². The lowest BCUT2D eigenvalue weighted by Gasteiger charge is -2.29. The van der Waals surface area contributed by atoms with Crippen molar-refractivity contribution in [3.8, 4) is 11.8 Å². The van der Waals surface area contributed by atoms with Crippen LogP contribution in [0.1, 0.15) is 24.0 Å². The molecule has 4 rings (SSSR count). The van der Waals surface area contributed by atoms with Gasteiger partial charge in [-0.1, -0.05) is 71.9 Å². The van der Waals surface area contributed by atoms with Crippen LogP contribution in [0.4, 0.5) is 5.69 Å². The fourth-order valence-electron chi connectivity index (χ4n) is 4.12. The highest BCUT2D eigenvalue weighted by molar-refractivity contribution is 8.03. The number of benzene rings is 3. The number of ether oxygens (including phenoxy) is 2. The molecule has 198 valence electrons. The van der Waals surface area contributed by atoms with Crippen LogP contribution < -0.4 is 15.4 Å². The molecule has 0 saturated carbocycles. The molecule has 7 nitrogen and oxygen atoms in total. The maximum Gasteiger partial charge on any atom is 0.337 e. The zero-order valence-electron chi connectivity index (χ0n) is 21.4. The lowest BCUT2D eigenvalue weighted by molar-refractivity contribution is -0.140. The maximum atomic E-state index is 13.4. The normalized spacial score (nSPS) is 14.8. The van der Waals surface area contributed by atoms with E-state index in [0.29, 0.717) is 43.9 Å². The number of thioether (sulfide) groups is 1. The molecule has 39 heavy (non-hydrogen) atoms. The van der Waals surface area contributed by atoms with Crippen LogP contribution in [0.3, 0.4) is 0 Å². The van der Waals surface area contributed by atoms with Gasteiger partial charge in [0, 0.05) is 22.5 Å². The average molecular weight is 560 g/mol. The van der Waals surface area contributed by atoms with Crippen molar-refractivity contribution in [3.05, 3.63) is 117 Å². The van der Waals surface area contributed by atoms with Gasteiger partial charge in [0.1, 0.15) is 12.4 Å². The number of nitriles is 1. The summed E-state index contributed by atoms with van der Waals surface area (Å²) in [6.45, 7) is 1.86. The molecule has 3 aromatic rings. The van der Waals surface area contributed by atoms with E-state index in [4.69, 9.17) is 21.1 Å². The van der Waals surface area contributed by atoms with Crippen molar-refractivity contribution in [3.63, 3.8) is 0 Å². The topological polar surface area (TPSA) is 100 Å². The minimum Gasteiger partial charge on any atom is -0.497 e. The van der Waals surface area contributed by atoms with Crippen molar-refractivity contribution in [2.75, 3.05) is 18.2 Å². The predicted molar refractivity (Wildman–Crippen MR) is 153 cm³/mol. The van der Waals surface area contributed by atoms with Gasteiger partial charge in [-0.2, -0.15) is 5.26 Å². The third kappa shape index (κ3) is 7.02. The number of methoxy groups -OCH3 is 1. The first-order chi connectivity index (χ1) is 18.9. The maximum absolute atomic E-state index is 13.4. The van der Waals surface area contributed by atoms with Crippen molar-refractivity contribution in [1.29, 1.82) is 5.26 Å². The Labute approximate surface area is 236 Å². The van der Waals surface area contributed by atoms with Gasteiger partial charge in [0.15, 0.2) is 0 Å². The van der Waals surface area contributed by atoms with Crippen LogP contribution in [0.15, 0.2) is 101 Å². The molecule has 0 saturated heterocycles. The third-order valence-corrected chi connectivity index (χ3v) is 7.25. The first-order valence-corrected chi connectivity index (χ1v) is 13.4. The molecule has 1 aliphatic rings. The number of carbonyl (C=O) groups is 2. The van der Waals surface area contributed by atoms with Crippen LogP contribution in [0, 0.1) is 11.3 Å². The molecule has 0 radical (unpaired) electrons. The van der Waals surface area contributed by atoms with Gasteiger partial charge in [0.05, 0.1) is 41.0 Å². The van der Waals surface area contributed by atoms with E-state index in [1.165, 1.54) is 11.8 Å². The Morgan fingerprint density at radius 3 is 2.51 bits per heavy atom. The summed E-state index contributed by atoms with van der Waals surface area (Å²) >= 11 is 7.30. The van der Waals surface area contributed by atoms with Crippen molar-refractivity contribution in [2.24, 2.45) is 0 Å².